The molecule has 1 aliphatic rings. The molecule has 0 radical (unpaired) electrons. The van der Waals surface area contributed by atoms with Gasteiger partial charge < -0.3 is 10.6 Å². The van der Waals surface area contributed by atoms with E-state index in [-0.39, 0.29) is 6.04 Å². The Morgan fingerprint density at radius 1 is 1.90 bits per heavy atom. The average molecular weight is 161 g/mol. The van der Waals surface area contributed by atoms with Crippen LogP contribution in [-0.4, -0.2) is 17.1 Å². The minimum atomic E-state index is -2.31. The summed E-state index contributed by atoms with van der Waals surface area (Å²) < 4.78 is 10.4. The highest BCUT2D eigenvalue weighted by atomic mass is 31.1. The van der Waals surface area contributed by atoms with Gasteiger partial charge in [-0.25, -0.2) is 0 Å². The van der Waals surface area contributed by atoms with E-state index in [2.05, 4.69) is 0 Å². The molecule has 0 heterocycles. The number of allylic oxidation sites excluding steroid dienone is 1. The molecule has 2 unspecified atom stereocenters. The third kappa shape index (κ3) is 2.25. The molecule has 2 atom stereocenters. The monoisotopic (exact) mass is 161 g/mol. The van der Waals surface area contributed by atoms with Crippen LogP contribution in [0.2, 0.25) is 0 Å². The quantitative estimate of drug-likeness (QED) is 0.458. The van der Waals surface area contributed by atoms with Crippen LogP contribution in [0.1, 0.15) is 12.8 Å². The van der Waals surface area contributed by atoms with Crippen molar-refractivity contribution in [2.75, 3.05) is 6.16 Å². The zero-order valence-electron chi connectivity index (χ0n) is 5.71. The summed E-state index contributed by atoms with van der Waals surface area (Å²) in [6, 6.07) is 0.122. The van der Waals surface area contributed by atoms with Crippen LogP contribution in [0.4, 0.5) is 0 Å². The summed E-state index contributed by atoms with van der Waals surface area (Å²) >= 11 is 0. The molecule has 0 saturated heterocycles. The van der Waals surface area contributed by atoms with E-state index in [9.17, 15) is 4.57 Å². The number of hydrogen-bond donors (Lipinski definition) is 2. The summed E-state index contributed by atoms with van der Waals surface area (Å²) in [5.74, 6) is 0. The fraction of sp³-hybridized carbons (Fsp3) is 0.667. The van der Waals surface area contributed by atoms with Gasteiger partial charge in [0.2, 0.25) is 0 Å². The van der Waals surface area contributed by atoms with Crippen LogP contribution in [0.25, 0.3) is 0 Å². The molecule has 3 N–H and O–H groups in total. The highest BCUT2D eigenvalue weighted by Gasteiger charge is 2.12. The molecule has 0 amide bonds. The highest BCUT2D eigenvalue weighted by molar-refractivity contribution is 7.38. The third-order valence-corrected chi connectivity index (χ3v) is 2.38. The first-order chi connectivity index (χ1) is 4.68. The minimum Gasteiger partial charge on any atom is -0.346 e. The first-order valence-corrected chi connectivity index (χ1v) is 4.91. The molecule has 1 rings (SSSR count). The fourth-order valence-corrected chi connectivity index (χ4v) is 1.85. The maximum Gasteiger partial charge on any atom is 0.193 e. The van der Waals surface area contributed by atoms with E-state index in [4.69, 9.17) is 10.6 Å². The van der Waals surface area contributed by atoms with Gasteiger partial charge >= 0.3 is 0 Å². The Kier molecular flexibility index (Phi) is 2.66. The normalized spacial score (nSPS) is 28.2. The van der Waals surface area contributed by atoms with Gasteiger partial charge in [0.1, 0.15) is 0 Å². The molecule has 10 heavy (non-hydrogen) atoms. The summed E-state index contributed by atoms with van der Waals surface area (Å²) in [5, 5.41) is 0. The standard InChI is InChI=1S/C6H12NO2P/c7-6-2-1-5(3-6)4-10(8)9/h3,6,10H,1-2,4,7H2,(H,8,9). The zero-order valence-corrected chi connectivity index (χ0v) is 6.71. The van der Waals surface area contributed by atoms with Crippen LogP contribution < -0.4 is 5.73 Å². The lowest BCUT2D eigenvalue weighted by molar-refractivity contribution is 0.505. The number of nitrogens with two attached hydrogens (primary N) is 1. The molecule has 1 aliphatic carbocycles. The summed E-state index contributed by atoms with van der Waals surface area (Å²) in [4.78, 5) is 8.56. The van der Waals surface area contributed by atoms with Crippen molar-refractivity contribution in [2.24, 2.45) is 5.73 Å². The summed E-state index contributed by atoms with van der Waals surface area (Å²) in [6.45, 7) is 0. The van der Waals surface area contributed by atoms with Crippen molar-refractivity contribution in [2.45, 2.75) is 18.9 Å². The van der Waals surface area contributed by atoms with Gasteiger partial charge in [0.05, 0.1) is 0 Å². The van der Waals surface area contributed by atoms with E-state index >= 15 is 0 Å². The van der Waals surface area contributed by atoms with Crippen LogP contribution in [0.5, 0.6) is 0 Å². The molecule has 0 aromatic rings. The smallest absolute Gasteiger partial charge is 0.193 e. The minimum absolute atomic E-state index is 0.122. The molecule has 0 aromatic carbocycles. The maximum atomic E-state index is 10.4. The van der Waals surface area contributed by atoms with Crippen molar-refractivity contribution < 1.29 is 9.46 Å². The topological polar surface area (TPSA) is 63.3 Å². The molecule has 4 heteroatoms. The molecular formula is C6H12NO2P. The number of hydrogen-bond acceptors (Lipinski definition) is 2. The van der Waals surface area contributed by atoms with Crippen LogP contribution in [0.15, 0.2) is 11.6 Å². The van der Waals surface area contributed by atoms with E-state index in [1.54, 1.807) is 0 Å². The van der Waals surface area contributed by atoms with Crippen molar-refractivity contribution in [3.8, 4) is 0 Å². The van der Waals surface area contributed by atoms with Crippen molar-refractivity contribution >= 4 is 8.03 Å². The molecule has 0 saturated carbocycles. The lowest BCUT2D eigenvalue weighted by Gasteiger charge is -1.93. The second-order valence-corrected chi connectivity index (χ2v) is 3.74. The van der Waals surface area contributed by atoms with E-state index in [0.717, 1.165) is 18.4 Å². The van der Waals surface area contributed by atoms with Gasteiger partial charge in [-0.3, -0.25) is 4.57 Å². The first-order valence-electron chi connectivity index (χ1n) is 3.35. The first kappa shape index (κ1) is 7.99. The fourth-order valence-electron chi connectivity index (χ4n) is 1.16. The van der Waals surface area contributed by atoms with Crippen LogP contribution in [-0.2, 0) is 4.57 Å². The van der Waals surface area contributed by atoms with Crippen LogP contribution >= 0.6 is 8.03 Å². The van der Waals surface area contributed by atoms with Crippen molar-refractivity contribution in [1.82, 2.24) is 0 Å². The molecule has 0 fully saturated rings. The lowest BCUT2D eigenvalue weighted by atomic mass is 10.2. The Labute approximate surface area is 60.8 Å². The van der Waals surface area contributed by atoms with Gasteiger partial charge in [-0.1, -0.05) is 11.6 Å². The summed E-state index contributed by atoms with van der Waals surface area (Å²) in [6.07, 6.45) is 4.08. The Bertz CT molecular complexity index is 179. The van der Waals surface area contributed by atoms with Gasteiger partial charge in [0, 0.05) is 12.2 Å². The van der Waals surface area contributed by atoms with Gasteiger partial charge in [0.15, 0.2) is 8.03 Å². The molecule has 0 aromatic heterocycles. The van der Waals surface area contributed by atoms with Gasteiger partial charge in [-0.15, -0.1) is 0 Å². The largest absolute Gasteiger partial charge is 0.346 e. The Morgan fingerprint density at radius 3 is 3.00 bits per heavy atom. The number of rotatable bonds is 2. The summed E-state index contributed by atoms with van der Waals surface area (Å²) in [5.41, 5.74) is 6.61. The lowest BCUT2D eigenvalue weighted by Crippen LogP contribution is -2.11. The predicted molar refractivity (Wildman–Crippen MR) is 41.4 cm³/mol. The average Bonchev–Trinajstić information content (AvgIpc) is 2.13. The van der Waals surface area contributed by atoms with Crippen molar-refractivity contribution in [3.63, 3.8) is 0 Å². The van der Waals surface area contributed by atoms with Crippen LogP contribution in [0.3, 0.4) is 0 Å². The summed E-state index contributed by atoms with van der Waals surface area (Å²) in [7, 11) is -2.31. The molecule has 0 spiro atoms. The zero-order chi connectivity index (χ0) is 7.56. The molecule has 3 nitrogen and oxygen atoms in total. The maximum absolute atomic E-state index is 10.4. The Balaban J connectivity index is 2.43. The Hall–Kier alpha value is -0.110. The van der Waals surface area contributed by atoms with E-state index in [0.29, 0.717) is 6.16 Å². The molecule has 0 aliphatic heterocycles. The van der Waals surface area contributed by atoms with Crippen molar-refractivity contribution in [1.29, 1.82) is 0 Å². The van der Waals surface area contributed by atoms with Crippen molar-refractivity contribution in [3.05, 3.63) is 11.6 Å². The molecule has 58 valence electrons. The van der Waals surface area contributed by atoms with Gasteiger partial charge in [0.25, 0.3) is 0 Å². The Morgan fingerprint density at radius 2 is 2.60 bits per heavy atom. The predicted octanol–water partition coefficient (Wildman–Crippen LogP) is 0.501. The second-order valence-electron chi connectivity index (χ2n) is 2.60. The van der Waals surface area contributed by atoms with Gasteiger partial charge in [-0.2, -0.15) is 0 Å². The van der Waals surface area contributed by atoms with Gasteiger partial charge in [-0.05, 0) is 12.8 Å². The van der Waals surface area contributed by atoms with Crippen LogP contribution in [0, 0.1) is 0 Å². The SMILES string of the molecule is NC1C=C(C[PH](=O)O)CC1. The second kappa shape index (κ2) is 3.33. The highest BCUT2D eigenvalue weighted by Crippen LogP contribution is 2.25. The van der Waals surface area contributed by atoms with E-state index in [1.807, 2.05) is 6.08 Å². The van der Waals surface area contributed by atoms with E-state index in [1.165, 1.54) is 0 Å². The van der Waals surface area contributed by atoms with E-state index < -0.39 is 8.03 Å². The molecule has 0 bridgehead atoms. The molecular weight excluding hydrogens is 149 g/mol. The third-order valence-electron chi connectivity index (χ3n) is 1.63.